The predicted octanol–water partition coefficient (Wildman–Crippen LogP) is 3.06. The Bertz CT molecular complexity index is 191. The highest BCUT2D eigenvalue weighted by Crippen LogP contribution is 2.40. The summed E-state index contributed by atoms with van der Waals surface area (Å²) in [5, 5.41) is 3.64. The van der Waals surface area contributed by atoms with E-state index in [0.29, 0.717) is 5.41 Å². The molecule has 0 aromatic heterocycles. The molecule has 1 saturated carbocycles. The van der Waals surface area contributed by atoms with E-state index in [9.17, 15) is 0 Å². The maximum absolute atomic E-state index is 6.30. The van der Waals surface area contributed by atoms with Crippen molar-refractivity contribution in [1.29, 1.82) is 0 Å². The van der Waals surface area contributed by atoms with Crippen LogP contribution in [0.5, 0.6) is 0 Å². The second kappa shape index (κ2) is 6.02. The Morgan fingerprint density at radius 1 is 1.12 bits per heavy atom. The summed E-state index contributed by atoms with van der Waals surface area (Å²) in [6.45, 7) is 8.86. The fraction of sp³-hybridized carbons (Fsp3) is 1.00. The molecule has 2 nitrogen and oxygen atoms in total. The molecular weight excluding hydrogens is 196 g/mol. The fourth-order valence-corrected chi connectivity index (χ4v) is 2.86. The van der Waals surface area contributed by atoms with E-state index >= 15 is 0 Å². The van der Waals surface area contributed by atoms with Crippen LogP contribution in [0.25, 0.3) is 0 Å². The lowest BCUT2D eigenvalue weighted by atomic mass is 9.83. The van der Waals surface area contributed by atoms with Crippen molar-refractivity contribution in [3.8, 4) is 0 Å². The molecule has 0 aliphatic heterocycles. The van der Waals surface area contributed by atoms with Gasteiger partial charge in [0.05, 0.1) is 0 Å². The number of hydrogen-bond acceptors (Lipinski definition) is 2. The van der Waals surface area contributed by atoms with Crippen molar-refractivity contribution in [3.05, 3.63) is 0 Å². The van der Waals surface area contributed by atoms with Gasteiger partial charge in [-0.2, -0.15) is 0 Å². The van der Waals surface area contributed by atoms with E-state index in [1.54, 1.807) is 0 Å². The molecular formula is C14H30N2. The van der Waals surface area contributed by atoms with E-state index in [0.717, 1.165) is 19.4 Å². The van der Waals surface area contributed by atoms with Crippen LogP contribution in [0.2, 0.25) is 0 Å². The number of nitrogens with one attached hydrogen (secondary N) is 1. The summed E-state index contributed by atoms with van der Waals surface area (Å²) in [5.74, 6) is 0. The molecule has 1 aliphatic carbocycles. The summed E-state index contributed by atoms with van der Waals surface area (Å²) in [5.41, 5.74) is 6.90. The topological polar surface area (TPSA) is 38.0 Å². The Hall–Kier alpha value is -0.0800. The summed E-state index contributed by atoms with van der Waals surface area (Å²) in [6, 6.07) is 0. The second-order valence-electron chi connectivity index (χ2n) is 5.73. The van der Waals surface area contributed by atoms with E-state index in [-0.39, 0.29) is 5.54 Å². The summed E-state index contributed by atoms with van der Waals surface area (Å²) in [7, 11) is 0. The first-order valence-electron chi connectivity index (χ1n) is 7.09. The zero-order valence-electron chi connectivity index (χ0n) is 11.4. The molecule has 1 rings (SSSR count). The molecule has 16 heavy (non-hydrogen) atoms. The molecule has 0 aromatic rings. The minimum Gasteiger partial charge on any atom is -0.324 e. The minimum atomic E-state index is 0.00748. The zero-order chi connectivity index (χ0) is 12.1. The van der Waals surface area contributed by atoms with Gasteiger partial charge in [-0.1, -0.05) is 33.6 Å². The first-order valence-corrected chi connectivity index (χ1v) is 7.09. The highest BCUT2D eigenvalue weighted by molar-refractivity contribution is 4.89. The molecule has 96 valence electrons. The lowest BCUT2D eigenvalue weighted by Crippen LogP contribution is -2.49. The van der Waals surface area contributed by atoms with E-state index in [2.05, 4.69) is 26.1 Å². The van der Waals surface area contributed by atoms with Gasteiger partial charge >= 0.3 is 0 Å². The van der Waals surface area contributed by atoms with Crippen LogP contribution in [0.1, 0.15) is 65.7 Å². The molecule has 0 unspecified atom stereocenters. The molecule has 1 fully saturated rings. The minimum absolute atomic E-state index is 0.00748. The van der Waals surface area contributed by atoms with E-state index in [1.165, 1.54) is 38.6 Å². The van der Waals surface area contributed by atoms with Crippen LogP contribution in [0.4, 0.5) is 0 Å². The van der Waals surface area contributed by atoms with Crippen LogP contribution in [0, 0.1) is 5.41 Å². The normalized spacial score (nSPS) is 20.2. The summed E-state index contributed by atoms with van der Waals surface area (Å²) < 4.78 is 0. The molecule has 0 radical (unpaired) electrons. The molecule has 3 N–H and O–H groups in total. The molecule has 0 saturated heterocycles. The quantitative estimate of drug-likeness (QED) is 0.700. The van der Waals surface area contributed by atoms with Gasteiger partial charge in [-0.25, -0.2) is 0 Å². The van der Waals surface area contributed by atoms with Crippen LogP contribution < -0.4 is 11.1 Å². The highest BCUT2D eigenvalue weighted by atomic mass is 14.9. The summed E-state index contributed by atoms with van der Waals surface area (Å²) in [4.78, 5) is 0. The third kappa shape index (κ3) is 3.46. The van der Waals surface area contributed by atoms with Gasteiger partial charge in [0.2, 0.25) is 0 Å². The Balaban J connectivity index is 2.33. The SMILES string of the molecule is CCC(N)(CC)CNCC1(CC)CCCC1. The van der Waals surface area contributed by atoms with Gasteiger partial charge in [0.1, 0.15) is 0 Å². The lowest BCUT2D eigenvalue weighted by Gasteiger charge is -2.32. The standard InChI is InChI=1S/C14H30N2/c1-4-13(9-7-8-10-13)11-16-12-14(15,5-2)6-3/h16H,4-12,15H2,1-3H3. The predicted molar refractivity (Wildman–Crippen MR) is 71.6 cm³/mol. The molecule has 2 heteroatoms. The van der Waals surface area contributed by atoms with Crippen LogP contribution in [0.15, 0.2) is 0 Å². The van der Waals surface area contributed by atoms with Gasteiger partial charge < -0.3 is 11.1 Å². The smallest absolute Gasteiger partial charge is 0.0275 e. The van der Waals surface area contributed by atoms with Gasteiger partial charge in [-0.05, 0) is 37.5 Å². The molecule has 0 amide bonds. The van der Waals surface area contributed by atoms with Crippen LogP contribution in [0.3, 0.4) is 0 Å². The van der Waals surface area contributed by atoms with E-state index in [4.69, 9.17) is 5.73 Å². The zero-order valence-corrected chi connectivity index (χ0v) is 11.4. The van der Waals surface area contributed by atoms with Gasteiger partial charge in [-0.3, -0.25) is 0 Å². The van der Waals surface area contributed by atoms with Crippen molar-refractivity contribution in [2.75, 3.05) is 13.1 Å². The van der Waals surface area contributed by atoms with Crippen LogP contribution >= 0.6 is 0 Å². The van der Waals surface area contributed by atoms with E-state index in [1.807, 2.05) is 0 Å². The molecule has 1 aliphatic rings. The largest absolute Gasteiger partial charge is 0.324 e. The molecule has 0 bridgehead atoms. The van der Waals surface area contributed by atoms with Crippen LogP contribution in [-0.4, -0.2) is 18.6 Å². The third-order valence-electron chi connectivity index (χ3n) is 4.80. The molecule has 0 aromatic carbocycles. The van der Waals surface area contributed by atoms with Crippen LogP contribution in [-0.2, 0) is 0 Å². The van der Waals surface area contributed by atoms with Crippen molar-refractivity contribution in [3.63, 3.8) is 0 Å². The number of rotatable bonds is 7. The van der Waals surface area contributed by atoms with Gasteiger partial charge in [0, 0.05) is 18.6 Å². The van der Waals surface area contributed by atoms with Crippen molar-refractivity contribution in [1.82, 2.24) is 5.32 Å². The maximum atomic E-state index is 6.30. The van der Waals surface area contributed by atoms with Gasteiger partial charge in [0.15, 0.2) is 0 Å². The first-order chi connectivity index (χ1) is 7.60. The summed E-state index contributed by atoms with van der Waals surface area (Å²) >= 11 is 0. The highest BCUT2D eigenvalue weighted by Gasteiger charge is 2.32. The number of hydrogen-bond donors (Lipinski definition) is 2. The second-order valence-corrected chi connectivity index (χ2v) is 5.73. The van der Waals surface area contributed by atoms with E-state index < -0.39 is 0 Å². The summed E-state index contributed by atoms with van der Waals surface area (Å²) in [6.07, 6.45) is 9.11. The Kier molecular flexibility index (Phi) is 5.26. The average Bonchev–Trinajstić information content (AvgIpc) is 2.78. The average molecular weight is 226 g/mol. The van der Waals surface area contributed by atoms with Crippen molar-refractivity contribution < 1.29 is 0 Å². The maximum Gasteiger partial charge on any atom is 0.0275 e. The monoisotopic (exact) mass is 226 g/mol. The third-order valence-corrected chi connectivity index (χ3v) is 4.80. The number of nitrogens with two attached hydrogens (primary N) is 1. The fourth-order valence-electron chi connectivity index (χ4n) is 2.86. The Morgan fingerprint density at radius 3 is 2.12 bits per heavy atom. The lowest BCUT2D eigenvalue weighted by molar-refractivity contribution is 0.252. The van der Waals surface area contributed by atoms with Gasteiger partial charge in [0.25, 0.3) is 0 Å². The van der Waals surface area contributed by atoms with Crippen molar-refractivity contribution in [2.45, 2.75) is 71.3 Å². The molecule has 0 heterocycles. The molecule has 0 spiro atoms. The Labute approximate surface area is 101 Å². The van der Waals surface area contributed by atoms with Gasteiger partial charge in [-0.15, -0.1) is 0 Å². The van der Waals surface area contributed by atoms with Crippen molar-refractivity contribution >= 4 is 0 Å². The molecule has 0 atom stereocenters. The van der Waals surface area contributed by atoms with Crippen molar-refractivity contribution in [2.24, 2.45) is 11.1 Å². The Morgan fingerprint density at radius 2 is 1.69 bits per heavy atom. The first kappa shape index (κ1) is 14.0.